The van der Waals surface area contributed by atoms with E-state index in [2.05, 4.69) is 27.4 Å². The molecule has 0 aliphatic heterocycles. The van der Waals surface area contributed by atoms with E-state index in [4.69, 9.17) is 0 Å². The fraction of sp³-hybridized carbons (Fsp3) is 0.0769. The van der Waals surface area contributed by atoms with Crippen LogP contribution in [-0.4, -0.2) is 21.4 Å². The largest absolute Gasteiger partial charge is 0.370 e. The van der Waals surface area contributed by atoms with E-state index in [1.165, 1.54) is 0 Å². The van der Waals surface area contributed by atoms with Crippen LogP contribution in [0.3, 0.4) is 0 Å². The minimum Gasteiger partial charge on any atom is -0.370 e. The monoisotopic (exact) mass is 224 g/mol. The molecule has 84 valence electrons. The third-order valence-corrected chi connectivity index (χ3v) is 2.73. The van der Waals surface area contributed by atoms with Gasteiger partial charge in [0.05, 0.1) is 11.9 Å². The third-order valence-electron chi connectivity index (χ3n) is 2.73. The highest BCUT2D eigenvalue weighted by Gasteiger charge is 2.08. The summed E-state index contributed by atoms with van der Waals surface area (Å²) in [5.41, 5.74) is 3.01. The van der Waals surface area contributed by atoms with Crippen molar-refractivity contribution in [2.45, 2.75) is 0 Å². The summed E-state index contributed by atoms with van der Waals surface area (Å²) in [5.74, 6) is 0.787. The summed E-state index contributed by atoms with van der Waals surface area (Å²) in [6.07, 6.45) is 5.58. The smallest absolute Gasteiger partial charge is 0.180 e. The average Bonchev–Trinajstić information content (AvgIpc) is 2.88. The molecule has 3 aromatic rings. The van der Waals surface area contributed by atoms with Gasteiger partial charge in [-0.15, -0.1) is 0 Å². The van der Waals surface area contributed by atoms with Gasteiger partial charge >= 0.3 is 0 Å². The highest BCUT2D eigenvalue weighted by atomic mass is 15.1. The van der Waals surface area contributed by atoms with Gasteiger partial charge in [0.15, 0.2) is 11.5 Å². The number of nitrogens with one attached hydrogen (secondary N) is 1. The normalized spacial score (nSPS) is 10.6. The zero-order chi connectivity index (χ0) is 11.7. The molecule has 0 aliphatic carbocycles. The summed E-state index contributed by atoms with van der Waals surface area (Å²) in [5, 5.41) is 3.04. The second-order valence-corrected chi connectivity index (χ2v) is 3.73. The summed E-state index contributed by atoms with van der Waals surface area (Å²) < 4.78 is 2.04. The summed E-state index contributed by atoms with van der Waals surface area (Å²) in [7, 11) is 1.85. The number of benzene rings is 1. The molecule has 0 saturated heterocycles. The molecule has 1 N–H and O–H groups in total. The molecule has 4 heteroatoms. The number of rotatable bonds is 2. The zero-order valence-electron chi connectivity index (χ0n) is 9.46. The molecule has 3 rings (SSSR count). The Bertz CT molecular complexity index is 643. The van der Waals surface area contributed by atoms with Gasteiger partial charge in [-0.3, -0.25) is 4.40 Å². The first-order chi connectivity index (χ1) is 8.40. The average molecular weight is 224 g/mol. The lowest BCUT2D eigenvalue weighted by Crippen LogP contribution is -1.99. The van der Waals surface area contributed by atoms with Crippen LogP contribution in [0.2, 0.25) is 0 Å². The molecule has 2 aromatic heterocycles. The van der Waals surface area contributed by atoms with Gasteiger partial charge in [0.25, 0.3) is 0 Å². The van der Waals surface area contributed by atoms with Crippen LogP contribution in [0.1, 0.15) is 0 Å². The molecule has 0 radical (unpaired) electrons. The number of aromatic nitrogens is 3. The molecule has 0 saturated carbocycles. The van der Waals surface area contributed by atoms with Crippen LogP contribution < -0.4 is 5.32 Å². The standard InChI is InChI=1S/C13H12N4/c1-14-12-13-15-7-8-17(13)11(9-16-12)10-5-3-2-4-6-10/h2-9H,1H3,(H,14,16). The number of anilines is 1. The van der Waals surface area contributed by atoms with E-state index in [0.29, 0.717) is 0 Å². The summed E-state index contributed by atoms with van der Waals surface area (Å²) in [4.78, 5) is 8.69. The lowest BCUT2D eigenvalue weighted by Gasteiger charge is -2.07. The van der Waals surface area contributed by atoms with Gasteiger partial charge in [-0.2, -0.15) is 0 Å². The van der Waals surface area contributed by atoms with Crippen molar-refractivity contribution in [2.75, 3.05) is 12.4 Å². The molecular weight excluding hydrogens is 212 g/mol. The van der Waals surface area contributed by atoms with Crippen molar-refractivity contribution in [3.05, 3.63) is 48.9 Å². The minimum absolute atomic E-state index is 0.787. The third kappa shape index (κ3) is 1.54. The number of nitrogens with zero attached hydrogens (tertiary/aromatic N) is 3. The Morgan fingerprint density at radius 3 is 2.71 bits per heavy atom. The van der Waals surface area contributed by atoms with Gasteiger partial charge in [-0.25, -0.2) is 9.97 Å². The quantitative estimate of drug-likeness (QED) is 0.727. The maximum Gasteiger partial charge on any atom is 0.180 e. The molecule has 0 unspecified atom stereocenters. The van der Waals surface area contributed by atoms with Crippen molar-refractivity contribution in [1.82, 2.24) is 14.4 Å². The Kier molecular flexibility index (Phi) is 2.26. The van der Waals surface area contributed by atoms with Gasteiger partial charge in [0.1, 0.15) is 0 Å². The van der Waals surface area contributed by atoms with E-state index in [0.717, 1.165) is 22.7 Å². The summed E-state index contributed by atoms with van der Waals surface area (Å²) in [6, 6.07) is 10.2. The maximum absolute atomic E-state index is 4.38. The van der Waals surface area contributed by atoms with E-state index < -0.39 is 0 Å². The lowest BCUT2D eigenvalue weighted by molar-refractivity contribution is 1.13. The van der Waals surface area contributed by atoms with Crippen molar-refractivity contribution >= 4 is 11.5 Å². The van der Waals surface area contributed by atoms with Crippen LogP contribution in [-0.2, 0) is 0 Å². The first kappa shape index (κ1) is 9.84. The van der Waals surface area contributed by atoms with Crippen LogP contribution in [0.15, 0.2) is 48.9 Å². The van der Waals surface area contributed by atoms with Crippen LogP contribution >= 0.6 is 0 Å². The molecule has 2 heterocycles. The first-order valence-electron chi connectivity index (χ1n) is 5.45. The highest BCUT2D eigenvalue weighted by molar-refractivity contribution is 5.69. The molecule has 0 fully saturated rings. The Morgan fingerprint density at radius 1 is 1.12 bits per heavy atom. The van der Waals surface area contributed by atoms with Crippen LogP contribution in [0.4, 0.5) is 5.82 Å². The van der Waals surface area contributed by atoms with E-state index in [-0.39, 0.29) is 0 Å². The van der Waals surface area contributed by atoms with E-state index in [9.17, 15) is 0 Å². The molecule has 1 aromatic carbocycles. The van der Waals surface area contributed by atoms with E-state index >= 15 is 0 Å². The zero-order valence-corrected chi connectivity index (χ0v) is 9.46. The molecule has 0 aliphatic rings. The van der Waals surface area contributed by atoms with Crippen LogP contribution in [0, 0.1) is 0 Å². The van der Waals surface area contributed by atoms with Crippen molar-refractivity contribution in [2.24, 2.45) is 0 Å². The fourth-order valence-corrected chi connectivity index (χ4v) is 1.92. The molecular formula is C13H12N4. The fourth-order valence-electron chi connectivity index (χ4n) is 1.92. The highest BCUT2D eigenvalue weighted by Crippen LogP contribution is 2.22. The van der Waals surface area contributed by atoms with Gasteiger partial charge in [0, 0.05) is 25.0 Å². The van der Waals surface area contributed by atoms with Crippen molar-refractivity contribution in [3.8, 4) is 11.3 Å². The van der Waals surface area contributed by atoms with Gasteiger partial charge in [0.2, 0.25) is 0 Å². The van der Waals surface area contributed by atoms with Crippen molar-refractivity contribution in [3.63, 3.8) is 0 Å². The van der Waals surface area contributed by atoms with Gasteiger partial charge in [-0.1, -0.05) is 30.3 Å². The van der Waals surface area contributed by atoms with Crippen LogP contribution in [0.5, 0.6) is 0 Å². The topological polar surface area (TPSA) is 42.2 Å². The summed E-state index contributed by atoms with van der Waals surface area (Å²) in [6.45, 7) is 0. The minimum atomic E-state index is 0.787. The molecule has 0 atom stereocenters. The molecule has 4 nitrogen and oxygen atoms in total. The maximum atomic E-state index is 4.38. The van der Waals surface area contributed by atoms with Crippen LogP contribution in [0.25, 0.3) is 16.9 Å². The van der Waals surface area contributed by atoms with E-state index in [1.807, 2.05) is 42.0 Å². The summed E-state index contributed by atoms with van der Waals surface area (Å²) >= 11 is 0. The molecule has 0 spiro atoms. The predicted octanol–water partition coefficient (Wildman–Crippen LogP) is 2.44. The SMILES string of the molecule is CNc1ncc(-c2ccccc2)n2ccnc12. The Hall–Kier alpha value is -2.36. The number of hydrogen-bond acceptors (Lipinski definition) is 3. The van der Waals surface area contributed by atoms with Crippen molar-refractivity contribution in [1.29, 1.82) is 0 Å². The molecule has 0 bridgehead atoms. The Morgan fingerprint density at radius 2 is 1.94 bits per heavy atom. The number of fused-ring (bicyclic) bond motifs is 1. The van der Waals surface area contributed by atoms with Gasteiger partial charge < -0.3 is 5.32 Å². The predicted molar refractivity (Wildman–Crippen MR) is 68.0 cm³/mol. The molecule has 0 amide bonds. The number of hydrogen-bond donors (Lipinski definition) is 1. The van der Waals surface area contributed by atoms with Gasteiger partial charge in [-0.05, 0) is 0 Å². The second-order valence-electron chi connectivity index (χ2n) is 3.73. The lowest BCUT2D eigenvalue weighted by atomic mass is 10.1. The Balaban J connectivity index is 2.29. The Labute approximate surface area is 99.0 Å². The number of imidazole rings is 1. The van der Waals surface area contributed by atoms with E-state index in [1.54, 1.807) is 6.20 Å². The van der Waals surface area contributed by atoms with Crippen molar-refractivity contribution < 1.29 is 0 Å². The molecule has 17 heavy (non-hydrogen) atoms. The second kappa shape index (κ2) is 3.90. The first-order valence-corrected chi connectivity index (χ1v) is 5.45.